The van der Waals surface area contributed by atoms with Crippen molar-refractivity contribution in [2.45, 2.75) is 25.7 Å². The Kier molecular flexibility index (Phi) is 4.88. The molecule has 1 aliphatic heterocycles. The highest BCUT2D eigenvalue weighted by Crippen LogP contribution is 2.53. The van der Waals surface area contributed by atoms with E-state index in [1.165, 1.54) is 5.56 Å². The molecule has 0 radical (unpaired) electrons. The number of nitrogens with zero attached hydrogens (tertiary/aromatic N) is 4. The first-order valence-electron chi connectivity index (χ1n) is 9.19. The number of benzene rings is 1. The lowest BCUT2D eigenvalue weighted by Gasteiger charge is -2.47. The van der Waals surface area contributed by atoms with Crippen molar-refractivity contribution in [2.75, 3.05) is 20.1 Å². The third-order valence-corrected chi connectivity index (χ3v) is 5.93. The minimum atomic E-state index is -1.63. The van der Waals surface area contributed by atoms with E-state index in [0.29, 0.717) is 19.0 Å². The molecule has 1 aromatic carbocycles. The topological polar surface area (TPSA) is 98.5 Å². The lowest BCUT2D eigenvalue weighted by atomic mass is 9.54. The maximum absolute atomic E-state index is 10.0. The van der Waals surface area contributed by atoms with E-state index in [4.69, 9.17) is 5.41 Å². The quantitative estimate of drug-likeness (QED) is 0.818. The second-order valence-electron chi connectivity index (χ2n) is 7.84. The van der Waals surface area contributed by atoms with Gasteiger partial charge in [0.2, 0.25) is 0 Å². The Hall–Kier alpha value is -2.94. The molecule has 1 aromatic rings. The van der Waals surface area contributed by atoms with Crippen molar-refractivity contribution in [3.8, 4) is 18.2 Å². The highest BCUT2D eigenvalue weighted by molar-refractivity contribution is 6.00. The molecule has 27 heavy (non-hydrogen) atoms. The molecule has 1 aliphatic carbocycles. The van der Waals surface area contributed by atoms with Crippen molar-refractivity contribution in [3.63, 3.8) is 0 Å². The fourth-order valence-electron chi connectivity index (χ4n) is 4.42. The Morgan fingerprint density at radius 2 is 1.78 bits per heavy atom. The van der Waals surface area contributed by atoms with Gasteiger partial charge in [-0.05, 0) is 29.7 Å². The van der Waals surface area contributed by atoms with Crippen LogP contribution in [-0.2, 0) is 0 Å². The Labute approximate surface area is 160 Å². The molecule has 5 nitrogen and oxygen atoms in total. The zero-order valence-corrected chi connectivity index (χ0v) is 15.9. The normalized spacial score (nSPS) is 27.1. The molecule has 5 heteroatoms. The van der Waals surface area contributed by atoms with Gasteiger partial charge in [-0.2, -0.15) is 15.8 Å². The van der Waals surface area contributed by atoms with E-state index >= 15 is 0 Å². The van der Waals surface area contributed by atoms with Crippen LogP contribution >= 0.6 is 0 Å². The van der Waals surface area contributed by atoms with Crippen LogP contribution < -0.4 is 0 Å². The first-order valence-corrected chi connectivity index (χ1v) is 9.19. The summed E-state index contributed by atoms with van der Waals surface area (Å²) < 4.78 is 0. The fraction of sp³-hybridized carbons (Fsp3) is 0.455. The van der Waals surface area contributed by atoms with E-state index in [1.807, 2.05) is 37.4 Å². The first-order chi connectivity index (χ1) is 12.9. The van der Waals surface area contributed by atoms with Gasteiger partial charge in [-0.3, -0.25) is 0 Å². The van der Waals surface area contributed by atoms with E-state index in [9.17, 15) is 15.8 Å². The van der Waals surface area contributed by atoms with Crippen molar-refractivity contribution < 1.29 is 0 Å². The summed E-state index contributed by atoms with van der Waals surface area (Å²) >= 11 is 0. The van der Waals surface area contributed by atoms with Gasteiger partial charge in [0, 0.05) is 24.9 Å². The Bertz CT molecular complexity index is 890. The second-order valence-corrected chi connectivity index (χ2v) is 7.84. The maximum atomic E-state index is 10.0. The minimum Gasteiger partial charge on any atom is -0.305 e. The van der Waals surface area contributed by atoms with Crippen LogP contribution in [0.15, 0.2) is 35.9 Å². The zero-order valence-electron chi connectivity index (χ0n) is 15.9. The summed E-state index contributed by atoms with van der Waals surface area (Å²) in [6.07, 6.45) is 2.00. The van der Waals surface area contributed by atoms with Gasteiger partial charge < -0.3 is 10.3 Å². The van der Waals surface area contributed by atoms with Crippen LogP contribution in [-0.4, -0.2) is 30.7 Å². The summed E-state index contributed by atoms with van der Waals surface area (Å²) in [6.45, 7) is 5.62. The standard InChI is InChI=1S/C22H23N5/c1-14(2)15-4-6-16(7-5-15)20-19-11-27(3)9-8-17(19)18(10-23)21(26)22(20,12-24)13-25/h4-8,14,18-20,26H,9,11H2,1-3H3/t18-,19-,20-/m0/s1. The summed E-state index contributed by atoms with van der Waals surface area (Å²) in [4.78, 5) is 2.13. The van der Waals surface area contributed by atoms with Gasteiger partial charge in [-0.15, -0.1) is 0 Å². The number of rotatable bonds is 2. The molecule has 1 fully saturated rings. The van der Waals surface area contributed by atoms with Crippen molar-refractivity contribution in [3.05, 3.63) is 47.0 Å². The predicted octanol–water partition coefficient (Wildman–Crippen LogP) is 3.59. The molecule has 2 aliphatic rings. The first kappa shape index (κ1) is 18.8. The monoisotopic (exact) mass is 357 g/mol. The van der Waals surface area contributed by atoms with Crippen molar-refractivity contribution >= 4 is 5.71 Å². The molecule has 0 bridgehead atoms. The van der Waals surface area contributed by atoms with Gasteiger partial charge in [-0.1, -0.05) is 44.2 Å². The van der Waals surface area contributed by atoms with Crippen LogP contribution in [0.3, 0.4) is 0 Å². The van der Waals surface area contributed by atoms with Gasteiger partial charge in [0.15, 0.2) is 5.41 Å². The lowest BCUT2D eigenvalue weighted by Crippen LogP contribution is -2.52. The SMILES string of the molecule is CC(C)c1ccc([C@H]2[C@H]3CN(C)CC=C3[C@H](C#N)C(=N)C2(C#N)C#N)cc1. The molecule has 136 valence electrons. The fourth-order valence-corrected chi connectivity index (χ4v) is 4.42. The predicted molar refractivity (Wildman–Crippen MR) is 103 cm³/mol. The Morgan fingerprint density at radius 1 is 1.15 bits per heavy atom. The third kappa shape index (κ3) is 2.84. The average molecular weight is 357 g/mol. The summed E-state index contributed by atoms with van der Waals surface area (Å²) in [5.74, 6) is -1.000. The average Bonchev–Trinajstić information content (AvgIpc) is 2.67. The molecular formula is C22H23N5. The largest absolute Gasteiger partial charge is 0.305 e. The molecule has 3 rings (SSSR count). The molecule has 1 saturated carbocycles. The van der Waals surface area contributed by atoms with Crippen LogP contribution in [0.1, 0.15) is 36.8 Å². The summed E-state index contributed by atoms with van der Waals surface area (Å²) in [6, 6.07) is 14.5. The number of nitrogens with one attached hydrogen (secondary N) is 1. The van der Waals surface area contributed by atoms with E-state index in [2.05, 4.69) is 37.0 Å². The van der Waals surface area contributed by atoms with Crippen molar-refractivity contribution in [2.24, 2.45) is 17.3 Å². The zero-order chi connectivity index (χ0) is 19.8. The van der Waals surface area contributed by atoms with Crippen molar-refractivity contribution in [1.29, 1.82) is 21.2 Å². The highest BCUT2D eigenvalue weighted by Gasteiger charge is 2.57. The molecule has 0 unspecified atom stereocenters. The van der Waals surface area contributed by atoms with E-state index in [1.54, 1.807) is 0 Å². The molecule has 1 N–H and O–H groups in total. The van der Waals surface area contributed by atoms with E-state index in [0.717, 1.165) is 11.1 Å². The summed E-state index contributed by atoms with van der Waals surface area (Å²) in [5.41, 5.74) is 1.25. The highest BCUT2D eigenvalue weighted by atomic mass is 15.1. The minimum absolute atomic E-state index is 0.0833. The smallest absolute Gasteiger partial charge is 0.189 e. The number of fused-ring (bicyclic) bond motifs is 1. The number of likely N-dealkylation sites (N-methyl/N-ethyl adjacent to an activating group) is 1. The molecule has 0 saturated heterocycles. The van der Waals surface area contributed by atoms with Gasteiger partial charge in [0.25, 0.3) is 0 Å². The summed E-state index contributed by atoms with van der Waals surface area (Å²) in [7, 11) is 1.99. The third-order valence-electron chi connectivity index (χ3n) is 5.93. The second kappa shape index (κ2) is 6.99. The molecule has 1 heterocycles. The maximum Gasteiger partial charge on any atom is 0.189 e. The molecule has 3 atom stereocenters. The summed E-state index contributed by atoms with van der Waals surface area (Å²) in [5, 5.41) is 38.3. The van der Waals surface area contributed by atoms with Gasteiger partial charge in [0.05, 0.1) is 23.9 Å². The molecule has 0 spiro atoms. The number of nitriles is 3. The molecule has 0 aromatic heterocycles. The van der Waals surface area contributed by atoms with Crippen LogP contribution in [0, 0.1) is 56.7 Å². The van der Waals surface area contributed by atoms with E-state index in [-0.39, 0.29) is 11.6 Å². The van der Waals surface area contributed by atoms with Gasteiger partial charge in [-0.25, -0.2) is 0 Å². The Balaban J connectivity index is 2.21. The molecular weight excluding hydrogens is 334 g/mol. The number of hydrogen-bond acceptors (Lipinski definition) is 5. The van der Waals surface area contributed by atoms with Crippen molar-refractivity contribution in [1.82, 2.24) is 4.90 Å². The van der Waals surface area contributed by atoms with Crippen LogP contribution in [0.2, 0.25) is 0 Å². The Morgan fingerprint density at radius 3 is 2.30 bits per heavy atom. The van der Waals surface area contributed by atoms with E-state index < -0.39 is 17.3 Å². The molecule has 0 amide bonds. The number of hydrogen-bond donors (Lipinski definition) is 1. The van der Waals surface area contributed by atoms with Crippen LogP contribution in [0.5, 0.6) is 0 Å². The van der Waals surface area contributed by atoms with Gasteiger partial charge >= 0.3 is 0 Å². The van der Waals surface area contributed by atoms with Crippen LogP contribution in [0.25, 0.3) is 0 Å². The lowest BCUT2D eigenvalue weighted by molar-refractivity contribution is 0.235. The van der Waals surface area contributed by atoms with Crippen LogP contribution in [0.4, 0.5) is 0 Å². The van der Waals surface area contributed by atoms with Gasteiger partial charge in [0.1, 0.15) is 5.92 Å².